The van der Waals surface area contributed by atoms with Crippen LogP contribution in [0.4, 0.5) is 0 Å². The lowest BCUT2D eigenvalue weighted by atomic mass is 10.2. The first-order valence-electron chi connectivity index (χ1n) is 10.5. The molecule has 0 aliphatic rings. The van der Waals surface area contributed by atoms with Crippen LogP contribution in [-0.4, -0.2) is 44.1 Å². The molecule has 2 aromatic carbocycles. The van der Waals surface area contributed by atoms with Crippen molar-refractivity contribution in [3.05, 3.63) is 58.9 Å². The maximum atomic E-state index is 12.5. The van der Waals surface area contributed by atoms with Crippen molar-refractivity contribution in [2.24, 2.45) is 4.99 Å². The van der Waals surface area contributed by atoms with Gasteiger partial charge in [0.1, 0.15) is 0 Å². The van der Waals surface area contributed by atoms with Gasteiger partial charge in [-0.05, 0) is 43.4 Å². The molecular formula is C23H28N2O4S3. The summed E-state index contributed by atoms with van der Waals surface area (Å²) in [6.07, 6.45) is 2.39. The molecule has 6 nitrogen and oxygen atoms in total. The number of aromatic nitrogens is 1. The van der Waals surface area contributed by atoms with E-state index in [0.717, 1.165) is 20.7 Å². The van der Waals surface area contributed by atoms with Crippen LogP contribution in [-0.2, 0) is 31.7 Å². The zero-order chi connectivity index (χ0) is 23.0. The zero-order valence-corrected chi connectivity index (χ0v) is 20.8. The number of benzene rings is 2. The van der Waals surface area contributed by atoms with Crippen molar-refractivity contribution in [2.75, 3.05) is 25.2 Å². The minimum atomic E-state index is -3.27. The van der Waals surface area contributed by atoms with E-state index >= 15 is 0 Å². The van der Waals surface area contributed by atoms with Gasteiger partial charge in [0.25, 0.3) is 0 Å². The molecule has 0 radical (unpaired) electrons. The van der Waals surface area contributed by atoms with Gasteiger partial charge in [-0.1, -0.05) is 41.7 Å². The second-order valence-corrected chi connectivity index (χ2v) is 11.3. The van der Waals surface area contributed by atoms with Crippen LogP contribution in [0.5, 0.6) is 0 Å². The van der Waals surface area contributed by atoms with Crippen molar-refractivity contribution < 1.29 is 17.9 Å². The summed E-state index contributed by atoms with van der Waals surface area (Å²) in [5, 5.41) is 0. The number of hydrogen-bond donors (Lipinski definition) is 0. The number of carbonyl (C=O) groups is 1. The van der Waals surface area contributed by atoms with Gasteiger partial charge in [-0.15, -0.1) is 11.8 Å². The lowest BCUT2D eigenvalue weighted by Gasteiger charge is -2.06. The van der Waals surface area contributed by atoms with Gasteiger partial charge < -0.3 is 9.30 Å². The second-order valence-electron chi connectivity index (χ2n) is 7.25. The van der Waals surface area contributed by atoms with E-state index in [1.54, 1.807) is 23.9 Å². The number of nitrogens with zero attached hydrogens (tertiary/aromatic N) is 2. The number of ether oxygens (including phenoxy) is 1. The Morgan fingerprint density at radius 1 is 1.19 bits per heavy atom. The van der Waals surface area contributed by atoms with Crippen LogP contribution >= 0.6 is 23.1 Å². The van der Waals surface area contributed by atoms with Gasteiger partial charge in [0.05, 0.1) is 28.3 Å². The Morgan fingerprint density at radius 3 is 2.69 bits per heavy atom. The average molecular weight is 493 g/mol. The molecule has 32 heavy (non-hydrogen) atoms. The minimum absolute atomic E-state index is 0.00924. The predicted molar refractivity (Wildman–Crippen MR) is 132 cm³/mol. The molecule has 1 heterocycles. The van der Waals surface area contributed by atoms with E-state index in [2.05, 4.69) is 17.1 Å². The summed E-state index contributed by atoms with van der Waals surface area (Å²) in [4.78, 5) is 18.6. The van der Waals surface area contributed by atoms with Gasteiger partial charge in [-0.2, -0.15) is 4.99 Å². The highest BCUT2D eigenvalue weighted by molar-refractivity contribution is 7.98. The fourth-order valence-corrected chi connectivity index (χ4v) is 6.34. The quantitative estimate of drug-likeness (QED) is 0.295. The summed E-state index contributed by atoms with van der Waals surface area (Å²) < 4.78 is 33.3. The van der Waals surface area contributed by atoms with Gasteiger partial charge in [-0.3, -0.25) is 4.79 Å². The number of carbonyl (C=O) groups excluding carboxylic acids is 1. The Balaban J connectivity index is 1.71. The zero-order valence-electron chi connectivity index (χ0n) is 18.3. The normalized spacial score (nSPS) is 12.5. The molecule has 0 aliphatic carbocycles. The van der Waals surface area contributed by atoms with Crippen LogP contribution in [0, 0.1) is 0 Å². The van der Waals surface area contributed by atoms with E-state index in [9.17, 15) is 13.2 Å². The standard InChI is InChI=1S/C23H28N2O4S3/c1-3-29-14-13-25-20-12-11-19(30-2)16-21(20)31-23(25)24-22(26)10-7-15-32(27,28)17-18-8-5-4-6-9-18/h4-6,8-9,11-12,16H,3,7,10,13-15,17H2,1-2H3. The van der Waals surface area contributed by atoms with Crippen molar-refractivity contribution in [3.8, 4) is 0 Å². The first-order valence-corrected chi connectivity index (χ1v) is 14.3. The molecule has 0 saturated heterocycles. The first kappa shape index (κ1) is 24.7. The molecule has 0 atom stereocenters. The Kier molecular flexibility index (Phi) is 9.10. The summed E-state index contributed by atoms with van der Waals surface area (Å²) in [6, 6.07) is 15.3. The number of thioether (sulfide) groups is 1. The molecule has 0 aliphatic heterocycles. The molecule has 3 rings (SSSR count). The number of rotatable bonds is 11. The second kappa shape index (κ2) is 11.8. The van der Waals surface area contributed by atoms with Crippen LogP contribution in [0.1, 0.15) is 25.3 Å². The number of thiazole rings is 1. The Morgan fingerprint density at radius 2 is 1.97 bits per heavy atom. The van der Waals surface area contributed by atoms with Crippen molar-refractivity contribution in [1.82, 2.24) is 4.57 Å². The minimum Gasteiger partial charge on any atom is -0.380 e. The molecule has 0 saturated carbocycles. The van der Waals surface area contributed by atoms with E-state index in [0.29, 0.717) is 24.6 Å². The van der Waals surface area contributed by atoms with E-state index < -0.39 is 9.84 Å². The molecule has 0 fully saturated rings. The highest BCUT2D eigenvalue weighted by Gasteiger charge is 2.14. The highest BCUT2D eigenvalue weighted by Crippen LogP contribution is 2.24. The average Bonchev–Trinajstić information content (AvgIpc) is 3.10. The molecule has 1 aromatic heterocycles. The van der Waals surface area contributed by atoms with Gasteiger partial charge in [0.15, 0.2) is 14.6 Å². The predicted octanol–water partition coefficient (Wildman–Crippen LogP) is 4.28. The number of hydrogen-bond acceptors (Lipinski definition) is 6. The Hall–Kier alpha value is -1.94. The van der Waals surface area contributed by atoms with Crippen LogP contribution in [0.3, 0.4) is 0 Å². The van der Waals surface area contributed by atoms with Crippen LogP contribution in [0.2, 0.25) is 0 Å². The molecule has 1 amide bonds. The fourth-order valence-electron chi connectivity index (χ4n) is 3.29. The number of sulfone groups is 1. The maximum Gasteiger partial charge on any atom is 0.248 e. The topological polar surface area (TPSA) is 77.7 Å². The lowest BCUT2D eigenvalue weighted by Crippen LogP contribution is -2.20. The smallest absolute Gasteiger partial charge is 0.248 e. The van der Waals surface area contributed by atoms with E-state index in [-0.39, 0.29) is 30.3 Å². The maximum absolute atomic E-state index is 12.5. The van der Waals surface area contributed by atoms with Crippen molar-refractivity contribution >= 4 is 49.1 Å². The molecule has 0 N–H and O–H groups in total. The molecule has 9 heteroatoms. The Bertz CT molecular complexity index is 1220. The fraction of sp³-hybridized carbons (Fsp3) is 0.391. The molecule has 3 aromatic rings. The number of fused-ring (bicyclic) bond motifs is 1. The van der Waals surface area contributed by atoms with Crippen LogP contribution in [0.15, 0.2) is 58.4 Å². The van der Waals surface area contributed by atoms with Crippen LogP contribution < -0.4 is 4.80 Å². The van der Waals surface area contributed by atoms with Crippen LogP contribution in [0.25, 0.3) is 10.2 Å². The van der Waals surface area contributed by atoms with Gasteiger partial charge in [0, 0.05) is 24.5 Å². The molecule has 0 unspecified atom stereocenters. The van der Waals surface area contributed by atoms with Gasteiger partial charge in [-0.25, -0.2) is 8.42 Å². The molecule has 172 valence electrons. The van der Waals surface area contributed by atoms with Crippen molar-refractivity contribution in [1.29, 1.82) is 0 Å². The largest absolute Gasteiger partial charge is 0.380 e. The van der Waals surface area contributed by atoms with Gasteiger partial charge in [0.2, 0.25) is 5.91 Å². The highest BCUT2D eigenvalue weighted by atomic mass is 32.2. The van der Waals surface area contributed by atoms with Crippen molar-refractivity contribution in [2.45, 2.75) is 37.0 Å². The first-order chi connectivity index (χ1) is 15.4. The summed E-state index contributed by atoms with van der Waals surface area (Å²) in [7, 11) is -3.27. The Labute approximate surface area is 197 Å². The van der Waals surface area contributed by atoms with E-state index in [4.69, 9.17) is 4.74 Å². The monoisotopic (exact) mass is 492 g/mol. The molecule has 0 bridgehead atoms. The number of amides is 1. The van der Waals surface area contributed by atoms with Crippen molar-refractivity contribution in [3.63, 3.8) is 0 Å². The summed E-state index contributed by atoms with van der Waals surface area (Å²) in [5.41, 5.74) is 1.78. The van der Waals surface area contributed by atoms with E-state index in [1.165, 1.54) is 11.3 Å². The lowest BCUT2D eigenvalue weighted by molar-refractivity contribution is -0.118. The van der Waals surface area contributed by atoms with E-state index in [1.807, 2.05) is 42.0 Å². The van der Waals surface area contributed by atoms with Gasteiger partial charge >= 0.3 is 0 Å². The summed E-state index contributed by atoms with van der Waals surface area (Å²) in [5.74, 6) is -0.344. The SMILES string of the molecule is CCOCCn1c(=NC(=O)CCCS(=O)(=O)Cc2ccccc2)sc2cc(SC)ccc21. The summed E-state index contributed by atoms with van der Waals surface area (Å²) in [6.45, 7) is 3.71. The third-order valence-corrected chi connectivity index (χ3v) is 8.30. The third kappa shape index (κ3) is 7.03. The molecule has 0 spiro atoms. The molecular weight excluding hydrogens is 464 g/mol. The third-order valence-electron chi connectivity index (χ3n) is 4.85. The summed E-state index contributed by atoms with van der Waals surface area (Å²) >= 11 is 3.14.